The zero-order valence-corrected chi connectivity index (χ0v) is 13.5. The molecule has 3 nitrogen and oxygen atoms in total. The lowest BCUT2D eigenvalue weighted by Crippen LogP contribution is -2.47. The number of para-hydroxylation sites is 1. The van der Waals surface area contributed by atoms with Crippen LogP contribution < -0.4 is 5.32 Å². The summed E-state index contributed by atoms with van der Waals surface area (Å²) < 4.78 is 0. The fraction of sp³-hybridized carbons (Fsp3) is 0.278. The summed E-state index contributed by atoms with van der Waals surface area (Å²) in [6.45, 7) is 4.17. The van der Waals surface area contributed by atoms with E-state index in [1.807, 2.05) is 53.4 Å². The van der Waals surface area contributed by atoms with Crippen LogP contribution in [-0.4, -0.2) is 16.8 Å². The number of nitrogens with one attached hydrogen (secondary N) is 1. The van der Waals surface area contributed by atoms with Gasteiger partial charge in [0.05, 0.1) is 5.56 Å². The van der Waals surface area contributed by atoms with Gasteiger partial charge in [0.15, 0.2) is 0 Å². The number of anilines is 1. The van der Waals surface area contributed by atoms with Gasteiger partial charge >= 0.3 is 0 Å². The number of rotatable bonds is 3. The first kappa shape index (κ1) is 14.9. The summed E-state index contributed by atoms with van der Waals surface area (Å²) in [7, 11) is 0. The Bertz CT molecular complexity index is 701. The lowest BCUT2D eigenvalue weighted by molar-refractivity contribution is 0.0593. The topological polar surface area (TPSA) is 32.3 Å². The monoisotopic (exact) mass is 314 g/mol. The highest BCUT2D eigenvalue weighted by Crippen LogP contribution is 2.35. The highest BCUT2D eigenvalue weighted by molar-refractivity contribution is 6.30. The van der Waals surface area contributed by atoms with Crippen molar-refractivity contribution in [2.24, 2.45) is 0 Å². The number of carbonyl (C=O) groups excluding carboxylic acids is 1. The fourth-order valence-corrected chi connectivity index (χ4v) is 3.04. The zero-order chi connectivity index (χ0) is 15.7. The second kappa shape index (κ2) is 6.01. The Morgan fingerprint density at radius 3 is 2.73 bits per heavy atom. The van der Waals surface area contributed by atoms with Crippen LogP contribution in [0.4, 0.5) is 5.69 Å². The average molecular weight is 315 g/mol. The predicted octanol–water partition coefficient (Wildman–Crippen LogP) is 4.71. The maximum atomic E-state index is 12.9. The SMILES string of the molecule is CC[C@@H](C)N1C(=O)c2ccccc2N[C@H]1c1cccc(Cl)c1. The van der Waals surface area contributed by atoms with E-state index in [9.17, 15) is 4.79 Å². The third-order valence-electron chi connectivity index (χ3n) is 4.19. The molecule has 1 amide bonds. The number of benzene rings is 2. The maximum absolute atomic E-state index is 12.9. The van der Waals surface area contributed by atoms with Gasteiger partial charge in [0.2, 0.25) is 0 Å². The molecule has 2 atom stereocenters. The average Bonchev–Trinajstić information content (AvgIpc) is 2.54. The molecule has 0 fully saturated rings. The first-order chi connectivity index (χ1) is 10.6. The van der Waals surface area contributed by atoms with Crippen molar-refractivity contribution in [3.8, 4) is 0 Å². The standard InChI is InChI=1S/C18H19ClN2O/c1-3-12(2)21-17(13-7-6-8-14(19)11-13)20-16-10-5-4-9-15(16)18(21)22/h4-12,17,20H,3H2,1-2H3/t12-,17-/m1/s1. The molecule has 1 aliphatic rings. The van der Waals surface area contributed by atoms with E-state index in [0.29, 0.717) is 5.02 Å². The summed E-state index contributed by atoms with van der Waals surface area (Å²) in [6, 6.07) is 15.5. The number of halogens is 1. The summed E-state index contributed by atoms with van der Waals surface area (Å²) in [5.41, 5.74) is 2.59. The van der Waals surface area contributed by atoms with Crippen molar-refractivity contribution in [1.82, 2.24) is 4.90 Å². The minimum Gasteiger partial charge on any atom is -0.361 e. The van der Waals surface area contributed by atoms with E-state index >= 15 is 0 Å². The third kappa shape index (κ3) is 2.57. The van der Waals surface area contributed by atoms with Crippen molar-refractivity contribution in [2.45, 2.75) is 32.5 Å². The molecule has 0 aliphatic carbocycles. The van der Waals surface area contributed by atoms with E-state index < -0.39 is 0 Å². The molecule has 2 aromatic carbocycles. The van der Waals surface area contributed by atoms with Crippen molar-refractivity contribution in [3.05, 3.63) is 64.7 Å². The van der Waals surface area contributed by atoms with Crippen LogP contribution in [0.5, 0.6) is 0 Å². The molecule has 0 saturated heterocycles. The molecule has 0 unspecified atom stereocenters. The normalized spacial score (nSPS) is 18.6. The van der Waals surface area contributed by atoms with E-state index in [0.717, 1.165) is 23.2 Å². The second-order valence-corrected chi connectivity index (χ2v) is 6.05. The van der Waals surface area contributed by atoms with Gasteiger partial charge in [-0.2, -0.15) is 0 Å². The first-order valence-corrected chi connectivity index (χ1v) is 7.93. The van der Waals surface area contributed by atoms with Crippen LogP contribution in [0.2, 0.25) is 5.02 Å². The minimum atomic E-state index is -0.198. The quantitative estimate of drug-likeness (QED) is 0.890. The predicted molar refractivity (Wildman–Crippen MR) is 90.2 cm³/mol. The molecule has 0 radical (unpaired) electrons. The third-order valence-corrected chi connectivity index (χ3v) is 4.43. The van der Waals surface area contributed by atoms with Crippen LogP contribution in [0.3, 0.4) is 0 Å². The molecule has 0 saturated carbocycles. The van der Waals surface area contributed by atoms with E-state index in [1.165, 1.54) is 0 Å². The van der Waals surface area contributed by atoms with Crippen LogP contribution in [0.1, 0.15) is 42.4 Å². The molecule has 3 rings (SSSR count). The molecule has 22 heavy (non-hydrogen) atoms. The Balaban J connectivity index is 2.09. The number of hydrogen-bond acceptors (Lipinski definition) is 2. The van der Waals surface area contributed by atoms with Crippen molar-refractivity contribution in [3.63, 3.8) is 0 Å². The van der Waals surface area contributed by atoms with Gasteiger partial charge in [-0.15, -0.1) is 0 Å². The largest absolute Gasteiger partial charge is 0.361 e. The summed E-state index contributed by atoms with van der Waals surface area (Å²) in [5, 5.41) is 4.16. The Hall–Kier alpha value is -2.00. The van der Waals surface area contributed by atoms with E-state index in [1.54, 1.807) is 0 Å². The fourth-order valence-electron chi connectivity index (χ4n) is 2.84. The van der Waals surface area contributed by atoms with Crippen LogP contribution in [0, 0.1) is 0 Å². The summed E-state index contributed by atoms with van der Waals surface area (Å²) in [4.78, 5) is 14.8. The molecule has 1 heterocycles. The van der Waals surface area contributed by atoms with Crippen LogP contribution in [-0.2, 0) is 0 Å². The molecule has 1 N–H and O–H groups in total. The first-order valence-electron chi connectivity index (χ1n) is 7.55. The minimum absolute atomic E-state index is 0.0636. The lowest BCUT2D eigenvalue weighted by Gasteiger charge is -2.41. The van der Waals surface area contributed by atoms with E-state index in [-0.39, 0.29) is 18.1 Å². The molecule has 4 heteroatoms. The molecule has 1 aliphatic heterocycles. The number of amides is 1. The van der Waals surface area contributed by atoms with Crippen molar-refractivity contribution < 1.29 is 4.79 Å². The van der Waals surface area contributed by atoms with Crippen LogP contribution >= 0.6 is 11.6 Å². The number of carbonyl (C=O) groups is 1. The van der Waals surface area contributed by atoms with E-state index in [2.05, 4.69) is 19.2 Å². The highest BCUT2D eigenvalue weighted by atomic mass is 35.5. The lowest BCUT2D eigenvalue weighted by atomic mass is 10.0. The Kier molecular flexibility index (Phi) is 4.08. The van der Waals surface area contributed by atoms with Gasteiger partial charge in [-0.05, 0) is 43.2 Å². The van der Waals surface area contributed by atoms with Crippen molar-refractivity contribution >= 4 is 23.2 Å². The molecule has 0 aromatic heterocycles. The number of nitrogens with zero attached hydrogens (tertiary/aromatic N) is 1. The smallest absolute Gasteiger partial charge is 0.258 e. The number of hydrogen-bond donors (Lipinski definition) is 1. The molecule has 0 spiro atoms. The van der Waals surface area contributed by atoms with E-state index in [4.69, 9.17) is 11.6 Å². The Morgan fingerprint density at radius 2 is 2.00 bits per heavy atom. The molecule has 114 valence electrons. The van der Waals surface area contributed by atoms with Crippen molar-refractivity contribution in [1.29, 1.82) is 0 Å². The van der Waals surface area contributed by atoms with Gasteiger partial charge in [-0.3, -0.25) is 4.79 Å². The van der Waals surface area contributed by atoms with Crippen LogP contribution in [0.15, 0.2) is 48.5 Å². The van der Waals surface area contributed by atoms with Gasteiger partial charge < -0.3 is 10.2 Å². The molecule has 0 bridgehead atoms. The van der Waals surface area contributed by atoms with Gasteiger partial charge in [0.1, 0.15) is 6.17 Å². The highest BCUT2D eigenvalue weighted by Gasteiger charge is 2.35. The van der Waals surface area contributed by atoms with Gasteiger partial charge in [0, 0.05) is 16.8 Å². The summed E-state index contributed by atoms with van der Waals surface area (Å²) in [5.74, 6) is 0.0636. The van der Waals surface area contributed by atoms with Gasteiger partial charge in [-0.1, -0.05) is 42.8 Å². The second-order valence-electron chi connectivity index (χ2n) is 5.62. The summed E-state index contributed by atoms with van der Waals surface area (Å²) >= 11 is 6.13. The molecule has 2 aromatic rings. The van der Waals surface area contributed by atoms with Crippen molar-refractivity contribution in [2.75, 3.05) is 5.32 Å². The molecular formula is C18H19ClN2O. The molecular weight excluding hydrogens is 296 g/mol. The number of fused-ring (bicyclic) bond motifs is 1. The van der Waals surface area contributed by atoms with Crippen LogP contribution in [0.25, 0.3) is 0 Å². The zero-order valence-electron chi connectivity index (χ0n) is 12.7. The summed E-state index contributed by atoms with van der Waals surface area (Å²) in [6.07, 6.45) is 0.697. The maximum Gasteiger partial charge on any atom is 0.258 e. The van der Waals surface area contributed by atoms with Gasteiger partial charge in [-0.25, -0.2) is 0 Å². The Labute approximate surface area is 135 Å². The Morgan fingerprint density at radius 1 is 1.23 bits per heavy atom. The van der Waals surface area contributed by atoms with Gasteiger partial charge in [0.25, 0.3) is 5.91 Å².